The lowest BCUT2D eigenvalue weighted by Gasteiger charge is -2.48. The molecule has 12 nitrogen and oxygen atoms in total. The Morgan fingerprint density at radius 3 is 2.74 bits per heavy atom. The molecule has 0 fully saturated rings. The van der Waals surface area contributed by atoms with E-state index < -0.39 is 42.2 Å². The van der Waals surface area contributed by atoms with Gasteiger partial charge < -0.3 is 51.3 Å². The van der Waals surface area contributed by atoms with Gasteiger partial charge in [0, 0.05) is 54.3 Å². The van der Waals surface area contributed by atoms with Crippen LogP contribution in [-0.2, 0) is 29.0 Å². The number of hydrogen-bond donors (Lipinski definition) is 7. The van der Waals surface area contributed by atoms with Crippen LogP contribution in [-0.4, -0.2) is 52.3 Å². The fraction of sp³-hybridized carbons (Fsp3) is 0.368. The molecule has 50 heavy (non-hydrogen) atoms. The van der Waals surface area contributed by atoms with Gasteiger partial charge in [0.2, 0.25) is 0 Å². The van der Waals surface area contributed by atoms with E-state index in [1.54, 1.807) is 6.92 Å². The lowest BCUT2D eigenvalue weighted by molar-refractivity contribution is -0.163. The van der Waals surface area contributed by atoms with Gasteiger partial charge in [0.15, 0.2) is 11.0 Å². The summed E-state index contributed by atoms with van der Waals surface area (Å²) in [7, 11) is 0. The normalized spacial score (nSPS) is 26.9. The van der Waals surface area contributed by atoms with Gasteiger partial charge >= 0.3 is 5.97 Å². The summed E-state index contributed by atoms with van der Waals surface area (Å²) in [6.45, 7) is 3.02. The van der Waals surface area contributed by atoms with Crippen LogP contribution in [0.4, 0.5) is 0 Å². The second kappa shape index (κ2) is 11.8. The molecule has 0 spiro atoms. The van der Waals surface area contributed by atoms with Crippen LogP contribution in [0.1, 0.15) is 50.0 Å². The SMILES string of the molecule is C/C=C(/CO)C(=O)O[C@@H]1Cc2c3c(c4oc(CO)cc(=O)c4c2O)CC2=CCNC(N)=C2C2=CCC4=C2[C@H](CC2=CNC(N)C=C2C4)[C@]1(C)O3. The number of phenols is 1. The topological polar surface area (TPSA) is 203 Å². The highest BCUT2D eigenvalue weighted by atomic mass is 16.6. The molecule has 1 unspecified atom stereocenters. The highest BCUT2D eigenvalue weighted by Gasteiger charge is 2.55. The van der Waals surface area contributed by atoms with Crippen molar-refractivity contribution in [1.29, 1.82) is 0 Å². The third kappa shape index (κ3) is 4.77. The van der Waals surface area contributed by atoms with Crippen molar-refractivity contribution < 1.29 is 34.0 Å². The number of allylic oxidation sites excluding steroid dienone is 8. The minimum absolute atomic E-state index is 0.0183. The Kier molecular flexibility index (Phi) is 7.59. The van der Waals surface area contributed by atoms with Gasteiger partial charge in [0.1, 0.15) is 46.8 Å². The molecule has 8 rings (SSSR count). The summed E-state index contributed by atoms with van der Waals surface area (Å²) in [6, 6.07) is 1.16. The molecule has 1 aromatic heterocycles. The summed E-state index contributed by atoms with van der Waals surface area (Å²) in [5.74, 6) is -0.556. The first-order valence-corrected chi connectivity index (χ1v) is 16.9. The number of benzene rings is 1. The van der Waals surface area contributed by atoms with Gasteiger partial charge in [-0.3, -0.25) is 4.79 Å². The van der Waals surface area contributed by atoms with Crippen molar-refractivity contribution in [1.82, 2.24) is 10.6 Å². The lowest BCUT2D eigenvalue weighted by Crippen LogP contribution is -2.57. The summed E-state index contributed by atoms with van der Waals surface area (Å²) in [5, 5.41) is 38.3. The molecular formula is C38H40N4O8. The second-order valence-electron chi connectivity index (χ2n) is 13.8. The molecule has 0 saturated heterocycles. The number of aliphatic hydroxyl groups excluding tert-OH is 2. The number of ether oxygens (including phenoxy) is 2. The van der Waals surface area contributed by atoms with Gasteiger partial charge in [0.05, 0.1) is 18.3 Å². The number of carbonyl (C=O) groups excluding carboxylic acids is 1. The Bertz CT molecular complexity index is 2170. The standard InChI is InChI=1S/C38H40N4O8/c1-3-17(15-43)37(47)49-28-13-24-33(46)32-27(45)12-22(16-44)48-35(32)25-9-19-6-7-41-36(40)31(19)23-5-4-18-8-20-11-29(39)42-14-21(20)10-26(30(18)23)38(28,2)50-34(24)25/h3,5-6,11-12,14,26,28-29,41-44,46H,4,7-10,13,15-16,39-40H2,1-2H3/b17-3-/t26-,28+,29?,38-/m0/s1. The zero-order valence-corrected chi connectivity index (χ0v) is 27.9. The summed E-state index contributed by atoms with van der Waals surface area (Å²) in [4.78, 5) is 27.1. The van der Waals surface area contributed by atoms with Crippen molar-refractivity contribution in [3.05, 3.63) is 114 Å². The number of phenolic OH excluding ortho intramolecular Hbond substituents is 1. The van der Waals surface area contributed by atoms with Crippen LogP contribution in [0.5, 0.6) is 11.5 Å². The Balaban J connectivity index is 1.45. The number of aromatic hydroxyl groups is 1. The molecule has 5 heterocycles. The highest BCUT2D eigenvalue weighted by Crippen LogP contribution is 2.57. The van der Waals surface area contributed by atoms with Crippen LogP contribution in [0.15, 0.2) is 96.2 Å². The molecule has 2 aliphatic carbocycles. The number of carbonyl (C=O) groups is 1. The maximum absolute atomic E-state index is 13.6. The second-order valence-corrected chi connectivity index (χ2v) is 13.8. The maximum Gasteiger partial charge on any atom is 0.336 e. The number of nitrogens with two attached hydrogens (primary N) is 2. The number of fused-ring (bicyclic) bond motifs is 7. The van der Waals surface area contributed by atoms with Crippen molar-refractivity contribution in [2.45, 2.75) is 70.4 Å². The molecule has 4 atom stereocenters. The fourth-order valence-electron chi connectivity index (χ4n) is 8.54. The summed E-state index contributed by atoms with van der Waals surface area (Å²) >= 11 is 0. The zero-order valence-electron chi connectivity index (χ0n) is 27.9. The Morgan fingerprint density at radius 2 is 1.98 bits per heavy atom. The van der Waals surface area contributed by atoms with E-state index in [-0.39, 0.29) is 47.1 Å². The van der Waals surface area contributed by atoms with Crippen LogP contribution in [0.2, 0.25) is 0 Å². The summed E-state index contributed by atoms with van der Waals surface area (Å²) < 4.78 is 19.6. The molecule has 4 aliphatic heterocycles. The third-order valence-electron chi connectivity index (χ3n) is 11.1. The smallest absolute Gasteiger partial charge is 0.336 e. The molecule has 2 aromatic rings. The van der Waals surface area contributed by atoms with E-state index in [0.29, 0.717) is 48.5 Å². The van der Waals surface area contributed by atoms with Crippen LogP contribution in [0.3, 0.4) is 0 Å². The molecule has 260 valence electrons. The molecule has 12 heteroatoms. The van der Waals surface area contributed by atoms with E-state index >= 15 is 0 Å². The van der Waals surface area contributed by atoms with E-state index in [2.05, 4.69) is 22.8 Å². The highest BCUT2D eigenvalue weighted by molar-refractivity contribution is 5.92. The number of nitrogens with one attached hydrogen (secondary N) is 2. The minimum atomic E-state index is -1.25. The van der Waals surface area contributed by atoms with Crippen LogP contribution in [0, 0.1) is 5.92 Å². The van der Waals surface area contributed by atoms with E-state index in [9.17, 15) is 24.9 Å². The van der Waals surface area contributed by atoms with Gasteiger partial charge in [-0.2, -0.15) is 0 Å². The lowest BCUT2D eigenvalue weighted by atomic mass is 9.69. The molecule has 6 aliphatic rings. The first kappa shape index (κ1) is 32.2. The number of esters is 1. The third-order valence-corrected chi connectivity index (χ3v) is 11.1. The average Bonchev–Trinajstić information content (AvgIpc) is 3.40. The minimum Gasteiger partial charge on any atom is -0.507 e. The van der Waals surface area contributed by atoms with E-state index in [1.807, 2.05) is 19.2 Å². The number of aliphatic hydroxyl groups is 2. The average molecular weight is 681 g/mol. The Labute approximate surface area is 287 Å². The molecule has 0 saturated carbocycles. The molecule has 2 bridgehead atoms. The summed E-state index contributed by atoms with van der Waals surface area (Å²) in [5.41, 5.74) is 19.5. The van der Waals surface area contributed by atoms with Gasteiger partial charge in [-0.05, 0) is 67.1 Å². The first-order valence-electron chi connectivity index (χ1n) is 16.9. The number of hydrogen-bond acceptors (Lipinski definition) is 12. The largest absolute Gasteiger partial charge is 0.507 e. The molecule has 1 aromatic carbocycles. The van der Waals surface area contributed by atoms with Crippen LogP contribution < -0.4 is 32.3 Å². The van der Waals surface area contributed by atoms with Crippen LogP contribution >= 0.6 is 0 Å². The van der Waals surface area contributed by atoms with Crippen molar-refractivity contribution in [3.8, 4) is 11.5 Å². The molecule has 0 amide bonds. The number of rotatable bonds is 4. The molecule has 9 N–H and O–H groups in total. The summed E-state index contributed by atoms with van der Waals surface area (Å²) in [6.07, 6.45) is 10.5. The van der Waals surface area contributed by atoms with Crippen molar-refractivity contribution in [3.63, 3.8) is 0 Å². The predicted octanol–water partition coefficient (Wildman–Crippen LogP) is 2.53. The molecular weight excluding hydrogens is 640 g/mol. The van der Waals surface area contributed by atoms with Crippen molar-refractivity contribution >= 4 is 16.9 Å². The predicted molar refractivity (Wildman–Crippen MR) is 184 cm³/mol. The van der Waals surface area contributed by atoms with Crippen molar-refractivity contribution in [2.75, 3.05) is 13.2 Å². The van der Waals surface area contributed by atoms with Gasteiger partial charge in [-0.25, -0.2) is 4.79 Å². The Hall–Kier alpha value is -5.04. The van der Waals surface area contributed by atoms with E-state index in [1.165, 1.54) is 11.6 Å². The Morgan fingerprint density at radius 1 is 1.16 bits per heavy atom. The quantitative estimate of drug-likeness (QED) is 0.184. The van der Waals surface area contributed by atoms with Gasteiger partial charge in [-0.15, -0.1) is 0 Å². The monoisotopic (exact) mass is 680 g/mol. The van der Waals surface area contributed by atoms with E-state index in [0.717, 1.165) is 39.5 Å². The maximum atomic E-state index is 13.6. The van der Waals surface area contributed by atoms with Crippen molar-refractivity contribution in [2.24, 2.45) is 17.4 Å². The fourth-order valence-corrected chi connectivity index (χ4v) is 8.54. The zero-order chi connectivity index (χ0) is 35.1. The number of dihydropyridines is 2. The van der Waals surface area contributed by atoms with Gasteiger partial charge in [-0.1, -0.05) is 23.8 Å². The van der Waals surface area contributed by atoms with Crippen LogP contribution in [0.25, 0.3) is 11.0 Å². The first-order chi connectivity index (χ1) is 24.1. The van der Waals surface area contributed by atoms with Gasteiger partial charge in [0.25, 0.3) is 0 Å². The van der Waals surface area contributed by atoms with E-state index in [4.69, 9.17) is 25.4 Å². The molecule has 0 radical (unpaired) electrons.